The van der Waals surface area contributed by atoms with E-state index >= 15 is 0 Å². The zero-order valence-electron chi connectivity index (χ0n) is 17.1. The first-order chi connectivity index (χ1) is 14.0. The summed E-state index contributed by atoms with van der Waals surface area (Å²) in [5, 5.41) is 3.93. The van der Waals surface area contributed by atoms with Crippen molar-refractivity contribution in [2.45, 2.75) is 47.5 Å². The predicted octanol–water partition coefficient (Wildman–Crippen LogP) is 5.38. The van der Waals surface area contributed by atoms with Gasteiger partial charge in [0.05, 0.1) is 11.3 Å². The van der Waals surface area contributed by atoms with Crippen molar-refractivity contribution in [3.8, 4) is 0 Å². The van der Waals surface area contributed by atoms with E-state index in [1.807, 2.05) is 13.8 Å². The summed E-state index contributed by atoms with van der Waals surface area (Å²) < 4.78 is 67.6. The summed E-state index contributed by atoms with van der Waals surface area (Å²) in [6, 6.07) is 2.10. The Morgan fingerprint density at radius 3 is 2.33 bits per heavy atom. The van der Waals surface area contributed by atoms with Gasteiger partial charge in [0.25, 0.3) is 5.56 Å². The summed E-state index contributed by atoms with van der Waals surface area (Å²) in [6.45, 7) is 7.63. The summed E-state index contributed by atoms with van der Waals surface area (Å²) in [5.41, 5.74) is -1.58. The van der Waals surface area contributed by atoms with Crippen molar-refractivity contribution in [2.75, 3.05) is 0 Å². The maximum absolute atomic E-state index is 14.6. The number of halogens is 5. The number of aromatic amines is 1. The van der Waals surface area contributed by atoms with Crippen molar-refractivity contribution in [1.82, 2.24) is 19.7 Å². The van der Waals surface area contributed by atoms with Crippen molar-refractivity contribution in [3.05, 3.63) is 62.6 Å². The van der Waals surface area contributed by atoms with Gasteiger partial charge >= 0.3 is 6.18 Å². The molecule has 0 spiro atoms. The third-order valence-electron chi connectivity index (χ3n) is 4.09. The van der Waals surface area contributed by atoms with Crippen LogP contribution in [0.25, 0.3) is 16.7 Å². The lowest BCUT2D eigenvalue weighted by molar-refractivity contribution is -0.137. The van der Waals surface area contributed by atoms with Crippen molar-refractivity contribution >= 4 is 16.7 Å². The molecular weight excluding hydrogens is 407 g/mol. The molecular formula is C20H21F5N4O. The second-order valence-electron chi connectivity index (χ2n) is 6.38. The summed E-state index contributed by atoms with van der Waals surface area (Å²) in [5.74, 6) is -0.900. The van der Waals surface area contributed by atoms with Gasteiger partial charge in [-0.1, -0.05) is 13.8 Å². The average Bonchev–Trinajstić information content (AvgIpc) is 3.02. The fourth-order valence-electron chi connectivity index (χ4n) is 2.93. The van der Waals surface area contributed by atoms with Crippen LogP contribution in [0.2, 0.25) is 0 Å². The van der Waals surface area contributed by atoms with Crippen LogP contribution in [-0.4, -0.2) is 19.7 Å². The minimum Gasteiger partial charge on any atom is -0.310 e. The zero-order valence-corrected chi connectivity index (χ0v) is 17.1. The highest BCUT2D eigenvalue weighted by Crippen LogP contribution is 2.33. The van der Waals surface area contributed by atoms with Crippen LogP contribution in [0.15, 0.2) is 28.6 Å². The van der Waals surface area contributed by atoms with Gasteiger partial charge in [-0.3, -0.25) is 4.79 Å². The van der Waals surface area contributed by atoms with Gasteiger partial charge in [0.2, 0.25) is 0 Å². The fourth-order valence-corrected chi connectivity index (χ4v) is 2.93. The number of nitrogens with zero attached hydrogens (tertiary/aromatic N) is 3. The van der Waals surface area contributed by atoms with Crippen molar-refractivity contribution in [3.63, 3.8) is 0 Å². The molecule has 0 saturated heterocycles. The number of benzene rings is 1. The van der Waals surface area contributed by atoms with Crippen LogP contribution in [0, 0.1) is 12.7 Å². The average molecular weight is 428 g/mol. The number of rotatable bonds is 3. The summed E-state index contributed by atoms with van der Waals surface area (Å²) in [7, 11) is 0. The monoisotopic (exact) mass is 428 g/mol. The second kappa shape index (κ2) is 8.76. The van der Waals surface area contributed by atoms with Crippen LogP contribution in [0.1, 0.15) is 50.3 Å². The molecule has 0 radical (unpaired) electrons. The van der Waals surface area contributed by atoms with E-state index < -0.39 is 29.8 Å². The maximum atomic E-state index is 14.6. The van der Waals surface area contributed by atoms with Gasteiger partial charge in [0.15, 0.2) is 5.65 Å². The molecule has 0 unspecified atom stereocenters. The maximum Gasteiger partial charge on any atom is 0.416 e. The first kappa shape index (κ1) is 23.2. The molecule has 30 heavy (non-hydrogen) atoms. The first-order valence-corrected chi connectivity index (χ1v) is 9.14. The SMILES string of the molecule is CC.CC(C)=C(c1ccc(C(F)(F)F)cc1F)n1nc(CF)c2c(=O)[nH]c(C)nc21. The van der Waals surface area contributed by atoms with Crippen molar-refractivity contribution in [1.29, 1.82) is 0 Å². The molecule has 2 aromatic heterocycles. The highest BCUT2D eigenvalue weighted by Gasteiger charge is 2.32. The number of aryl methyl sites for hydroxylation is 1. The number of allylic oxidation sites excluding steroid dienone is 1. The Labute approximate surface area is 169 Å². The molecule has 10 heteroatoms. The van der Waals surface area contributed by atoms with Gasteiger partial charge in [0.1, 0.15) is 29.4 Å². The quantitative estimate of drug-likeness (QED) is 0.570. The highest BCUT2D eigenvalue weighted by molar-refractivity contribution is 5.83. The number of hydrogen-bond donors (Lipinski definition) is 1. The molecule has 0 aliphatic rings. The van der Waals surface area contributed by atoms with Gasteiger partial charge in [0, 0.05) is 5.56 Å². The predicted molar refractivity (Wildman–Crippen MR) is 104 cm³/mol. The van der Waals surface area contributed by atoms with Crippen LogP contribution in [-0.2, 0) is 12.9 Å². The van der Waals surface area contributed by atoms with E-state index in [9.17, 15) is 26.7 Å². The number of fused-ring (bicyclic) bond motifs is 1. The van der Waals surface area contributed by atoms with Crippen LogP contribution < -0.4 is 5.56 Å². The lowest BCUT2D eigenvalue weighted by Crippen LogP contribution is -2.12. The largest absolute Gasteiger partial charge is 0.416 e. The molecule has 0 aliphatic heterocycles. The Kier molecular flexibility index (Phi) is 6.79. The molecule has 0 saturated carbocycles. The Hall–Kier alpha value is -3.04. The Bertz CT molecular complexity index is 1150. The van der Waals surface area contributed by atoms with Crippen LogP contribution >= 0.6 is 0 Å². The van der Waals surface area contributed by atoms with Crippen LogP contribution in [0.4, 0.5) is 22.0 Å². The van der Waals surface area contributed by atoms with E-state index in [4.69, 9.17) is 0 Å². The summed E-state index contributed by atoms with van der Waals surface area (Å²) in [4.78, 5) is 18.8. The second-order valence-corrected chi connectivity index (χ2v) is 6.38. The standard InChI is InChI=1S/C18H15F5N4O.C2H6/c1-8(2)15(11-5-4-10(6-12(11)20)18(21,22)23)27-16-14(13(7-19)26-27)17(28)25-9(3)24-16;1-2/h4-6H,7H2,1-3H3,(H,24,25,28);1-2H3. The molecule has 2 heterocycles. The van der Waals surface area contributed by atoms with Gasteiger partial charge < -0.3 is 4.98 Å². The van der Waals surface area contributed by atoms with Gasteiger partial charge in [-0.25, -0.2) is 18.4 Å². The highest BCUT2D eigenvalue weighted by atomic mass is 19.4. The number of aromatic nitrogens is 4. The van der Waals surface area contributed by atoms with Gasteiger partial charge in [-0.2, -0.15) is 18.3 Å². The molecule has 0 amide bonds. The van der Waals surface area contributed by atoms with E-state index in [2.05, 4.69) is 15.1 Å². The van der Waals surface area contributed by atoms with E-state index in [0.29, 0.717) is 11.6 Å². The normalized spacial score (nSPS) is 11.3. The molecule has 1 N–H and O–H groups in total. The lowest BCUT2D eigenvalue weighted by Gasteiger charge is -2.14. The molecule has 1 aromatic carbocycles. The molecule has 162 valence electrons. The number of nitrogens with one attached hydrogen (secondary N) is 1. The smallest absolute Gasteiger partial charge is 0.310 e. The van der Waals surface area contributed by atoms with Crippen molar-refractivity contribution < 1.29 is 22.0 Å². The number of H-pyrrole nitrogens is 1. The zero-order chi connectivity index (χ0) is 22.8. The van der Waals surface area contributed by atoms with E-state index in [1.54, 1.807) is 13.8 Å². The van der Waals surface area contributed by atoms with Crippen LogP contribution in [0.3, 0.4) is 0 Å². The minimum atomic E-state index is -4.70. The third-order valence-corrected chi connectivity index (χ3v) is 4.09. The number of hydrogen-bond acceptors (Lipinski definition) is 3. The fraction of sp³-hybridized carbons (Fsp3) is 0.350. The summed E-state index contributed by atoms with van der Waals surface area (Å²) >= 11 is 0. The van der Waals surface area contributed by atoms with Crippen LogP contribution in [0.5, 0.6) is 0 Å². The summed E-state index contributed by atoms with van der Waals surface area (Å²) in [6.07, 6.45) is -4.70. The van der Waals surface area contributed by atoms with Gasteiger partial charge in [-0.15, -0.1) is 0 Å². The Balaban J connectivity index is 0.00000155. The minimum absolute atomic E-state index is 0.00982. The molecule has 0 fully saturated rings. The molecule has 3 rings (SSSR count). The first-order valence-electron chi connectivity index (χ1n) is 9.14. The lowest BCUT2D eigenvalue weighted by atomic mass is 10.0. The number of alkyl halides is 4. The Morgan fingerprint density at radius 1 is 1.20 bits per heavy atom. The topological polar surface area (TPSA) is 63.6 Å². The molecule has 0 aliphatic carbocycles. The van der Waals surface area contributed by atoms with Crippen molar-refractivity contribution in [2.24, 2.45) is 0 Å². The molecule has 5 nitrogen and oxygen atoms in total. The molecule has 3 aromatic rings. The van der Waals surface area contributed by atoms with E-state index in [-0.39, 0.29) is 33.8 Å². The van der Waals surface area contributed by atoms with E-state index in [1.165, 1.54) is 6.92 Å². The molecule has 0 bridgehead atoms. The third kappa shape index (κ3) is 4.27. The Morgan fingerprint density at radius 2 is 1.83 bits per heavy atom. The van der Waals surface area contributed by atoms with Gasteiger partial charge in [-0.05, 0) is 44.5 Å². The van der Waals surface area contributed by atoms with E-state index in [0.717, 1.165) is 16.8 Å². The molecule has 0 atom stereocenters.